The quantitative estimate of drug-likeness (QED) is 0.766. The van der Waals surface area contributed by atoms with Crippen LogP contribution >= 0.6 is 0 Å². The van der Waals surface area contributed by atoms with Gasteiger partial charge in [0, 0.05) is 30.6 Å². The predicted molar refractivity (Wildman–Crippen MR) is 103 cm³/mol. The van der Waals surface area contributed by atoms with E-state index in [1.165, 1.54) is 18.5 Å². The lowest BCUT2D eigenvalue weighted by molar-refractivity contribution is 0.0695. The Balaban J connectivity index is 1.35. The summed E-state index contributed by atoms with van der Waals surface area (Å²) in [4.78, 5) is 22.9. The first-order chi connectivity index (χ1) is 13.2. The molecule has 1 aromatic heterocycles. The molecule has 0 aliphatic carbocycles. The van der Waals surface area contributed by atoms with E-state index in [2.05, 4.69) is 15.3 Å². The van der Waals surface area contributed by atoms with Gasteiger partial charge in [-0.1, -0.05) is 18.2 Å². The molecule has 1 amide bonds. The van der Waals surface area contributed by atoms with E-state index < -0.39 is 0 Å². The fourth-order valence-electron chi connectivity index (χ4n) is 3.51. The Bertz CT molecular complexity index is 939. The number of piperidine rings is 1. The van der Waals surface area contributed by atoms with E-state index >= 15 is 0 Å². The van der Waals surface area contributed by atoms with Gasteiger partial charge in [0.05, 0.1) is 5.52 Å². The molecule has 3 aromatic rings. The largest absolute Gasteiger partial charge is 0.369 e. The highest BCUT2D eigenvalue weighted by Crippen LogP contribution is 2.23. The molecule has 0 radical (unpaired) electrons. The molecule has 0 saturated carbocycles. The van der Waals surface area contributed by atoms with Gasteiger partial charge in [-0.15, -0.1) is 0 Å². The van der Waals surface area contributed by atoms with Gasteiger partial charge in [-0.05, 0) is 49.1 Å². The van der Waals surface area contributed by atoms with Crippen molar-refractivity contribution in [2.45, 2.75) is 12.8 Å². The first-order valence-corrected chi connectivity index (χ1v) is 9.19. The molecule has 2 aromatic carbocycles. The number of benzene rings is 2. The van der Waals surface area contributed by atoms with Crippen molar-refractivity contribution in [1.29, 1.82) is 0 Å². The number of aromatic nitrogens is 2. The summed E-state index contributed by atoms with van der Waals surface area (Å²) in [6, 6.07) is 13.9. The molecule has 0 spiro atoms. The highest BCUT2D eigenvalue weighted by Gasteiger charge is 2.23. The lowest BCUT2D eigenvalue weighted by Crippen LogP contribution is -2.39. The van der Waals surface area contributed by atoms with E-state index in [1.807, 2.05) is 35.2 Å². The smallest absolute Gasteiger partial charge is 0.253 e. The first-order valence-electron chi connectivity index (χ1n) is 9.19. The third kappa shape index (κ3) is 3.89. The van der Waals surface area contributed by atoms with Crippen LogP contribution in [0, 0.1) is 11.7 Å². The van der Waals surface area contributed by atoms with Crippen LogP contribution in [0.4, 0.5) is 10.2 Å². The summed E-state index contributed by atoms with van der Waals surface area (Å²) in [7, 11) is 0. The number of rotatable bonds is 4. The van der Waals surface area contributed by atoms with Crippen LogP contribution in [0.2, 0.25) is 0 Å². The lowest BCUT2D eigenvalue weighted by Gasteiger charge is -2.32. The minimum atomic E-state index is -0.298. The molecule has 1 saturated heterocycles. The topological polar surface area (TPSA) is 58.1 Å². The molecule has 138 valence electrons. The Morgan fingerprint density at radius 2 is 1.89 bits per heavy atom. The Hall–Kier alpha value is -3.02. The number of likely N-dealkylation sites (tertiary alicyclic amines) is 1. The van der Waals surface area contributed by atoms with Crippen molar-refractivity contribution >= 4 is 22.6 Å². The molecular formula is C21H21FN4O. The lowest BCUT2D eigenvalue weighted by atomic mass is 9.96. The third-order valence-electron chi connectivity index (χ3n) is 5.08. The second kappa shape index (κ2) is 7.70. The summed E-state index contributed by atoms with van der Waals surface area (Å²) in [5.41, 5.74) is 1.46. The highest BCUT2D eigenvalue weighted by molar-refractivity contribution is 5.94. The highest BCUT2D eigenvalue weighted by atomic mass is 19.1. The normalized spacial score (nSPS) is 15.1. The van der Waals surface area contributed by atoms with Crippen LogP contribution < -0.4 is 5.32 Å². The molecule has 1 N–H and O–H groups in total. The molecule has 6 heteroatoms. The zero-order valence-corrected chi connectivity index (χ0v) is 14.9. The molecular weight excluding hydrogens is 343 g/mol. The predicted octanol–water partition coefficient (Wildman–Crippen LogP) is 3.73. The number of hydrogen-bond acceptors (Lipinski definition) is 4. The Morgan fingerprint density at radius 1 is 1.11 bits per heavy atom. The average Bonchev–Trinajstić information content (AvgIpc) is 2.73. The van der Waals surface area contributed by atoms with Crippen LogP contribution in [0.15, 0.2) is 54.9 Å². The summed E-state index contributed by atoms with van der Waals surface area (Å²) in [5, 5.41) is 4.03. The molecule has 4 rings (SSSR count). The van der Waals surface area contributed by atoms with Crippen molar-refractivity contribution in [2.24, 2.45) is 5.92 Å². The van der Waals surface area contributed by atoms with Gasteiger partial charge in [0.25, 0.3) is 5.91 Å². The van der Waals surface area contributed by atoms with Crippen molar-refractivity contribution in [1.82, 2.24) is 14.9 Å². The number of fused-ring (bicyclic) bond motifs is 1. The standard InChI is InChI=1S/C21H21FN4O/c22-17-6-7-19-18(12-17)20(25-14-24-19)23-13-15-8-10-26(11-9-15)21(27)16-4-2-1-3-5-16/h1-7,12,14-15H,8-11,13H2,(H,23,24,25). The SMILES string of the molecule is O=C(c1ccccc1)N1CCC(CNc2ncnc3ccc(F)cc23)CC1. The Kier molecular flexibility index (Phi) is 4.96. The van der Waals surface area contributed by atoms with Gasteiger partial charge in [-0.25, -0.2) is 14.4 Å². The summed E-state index contributed by atoms with van der Waals surface area (Å²) < 4.78 is 13.5. The maximum Gasteiger partial charge on any atom is 0.253 e. The van der Waals surface area contributed by atoms with Crippen molar-refractivity contribution in [3.05, 3.63) is 66.2 Å². The van der Waals surface area contributed by atoms with Gasteiger partial charge in [-0.2, -0.15) is 0 Å². The number of anilines is 1. The maximum absolute atomic E-state index is 13.5. The van der Waals surface area contributed by atoms with E-state index in [-0.39, 0.29) is 11.7 Å². The molecule has 1 aliphatic heterocycles. The zero-order valence-electron chi connectivity index (χ0n) is 14.9. The molecule has 1 aliphatic rings. The zero-order chi connectivity index (χ0) is 18.6. The van der Waals surface area contributed by atoms with Crippen molar-refractivity contribution in [3.63, 3.8) is 0 Å². The number of carbonyl (C=O) groups excluding carboxylic acids is 1. The summed E-state index contributed by atoms with van der Waals surface area (Å²) in [6.07, 6.45) is 3.36. The Morgan fingerprint density at radius 3 is 2.67 bits per heavy atom. The van der Waals surface area contributed by atoms with Gasteiger partial charge in [0.15, 0.2) is 0 Å². The molecule has 0 unspecified atom stereocenters. The van der Waals surface area contributed by atoms with Crippen molar-refractivity contribution < 1.29 is 9.18 Å². The van der Waals surface area contributed by atoms with Gasteiger partial charge in [-0.3, -0.25) is 4.79 Å². The third-order valence-corrected chi connectivity index (χ3v) is 5.08. The maximum atomic E-state index is 13.5. The summed E-state index contributed by atoms with van der Waals surface area (Å²) in [5.74, 6) is 0.901. The second-order valence-corrected chi connectivity index (χ2v) is 6.87. The van der Waals surface area contributed by atoms with E-state index in [1.54, 1.807) is 6.07 Å². The van der Waals surface area contributed by atoms with Gasteiger partial charge < -0.3 is 10.2 Å². The van der Waals surface area contributed by atoms with Gasteiger partial charge in [0.1, 0.15) is 18.0 Å². The number of carbonyl (C=O) groups is 1. The molecule has 1 fully saturated rings. The summed E-state index contributed by atoms with van der Waals surface area (Å²) in [6.45, 7) is 2.24. The number of nitrogens with one attached hydrogen (secondary N) is 1. The molecule has 5 nitrogen and oxygen atoms in total. The van der Waals surface area contributed by atoms with Crippen LogP contribution in [0.3, 0.4) is 0 Å². The van der Waals surface area contributed by atoms with Crippen LogP contribution in [-0.4, -0.2) is 40.4 Å². The minimum Gasteiger partial charge on any atom is -0.369 e. The molecule has 0 atom stereocenters. The fourth-order valence-corrected chi connectivity index (χ4v) is 3.51. The number of hydrogen-bond donors (Lipinski definition) is 1. The van der Waals surface area contributed by atoms with Crippen LogP contribution in [0.5, 0.6) is 0 Å². The van der Waals surface area contributed by atoms with Crippen molar-refractivity contribution in [3.8, 4) is 0 Å². The molecule has 2 heterocycles. The van der Waals surface area contributed by atoms with Crippen LogP contribution in [0.1, 0.15) is 23.2 Å². The average molecular weight is 364 g/mol. The molecule has 0 bridgehead atoms. The van der Waals surface area contributed by atoms with Gasteiger partial charge in [0.2, 0.25) is 0 Å². The van der Waals surface area contributed by atoms with Crippen LogP contribution in [-0.2, 0) is 0 Å². The van der Waals surface area contributed by atoms with Crippen LogP contribution in [0.25, 0.3) is 10.9 Å². The van der Waals surface area contributed by atoms with E-state index in [0.717, 1.165) is 43.6 Å². The minimum absolute atomic E-state index is 0.0966. The summed E-state index contributed by atoms with van der Waals surface area (Å²) >= 11 is 0. The van der Waals surface area contributed by atoms with E-state index in [9.17, 15) is 9.18 Å². The first kappa shape index (κ1) is 17.4. The monoisotopic (exact) mass is 364 g/mol. The number of halogens is 1. The van der Waals surface area contributed by atoms with E-state index in [0.29, 0.717) is 17.1 Å². The second-order valence-electron chi connectivity index (χ2n) is 6.87. The number of amides is 1. The van der Waals surface area contributed by atoms with Gasteiger partial charge >= 0.3 is 0 Å². The fraction of sp³-hybridized carbons (Fsp3) is 0.286. The molecule has 27 heavy (non-hydrogen) atoms. The Labute approximate surface area is 157 Å². The van der Waals surface area contributed by atoms with Crippen molar-refractivity contribution in [2.75, 3.05) is 25.0 Å². The number of nitrogens with zero attached hydrogens (tertiary/aromatic N) is 3. The van der Waals surface area contributed by atoms with E-state index in [4.69, 9.17) is 0 Å².